The van der Waals surface area contributed by atoms with Gasteiger partial charge in [-0.05, 0) is 13.0 Å². The zero-order chi connectivity index (χ0) is 11.6. The number of hydrogen-bond donors (Lipinski definition) is 0. The molecular formula is C10H10ClFO3. The van der Waals surface area contributed by atoms with Gasteiger partial charge in [-0.2, -0.15) is 0 Å². The zero-order valence-corrected chi connectivity index (χ0v) is 9.31. The largest absolute Gasteiger partial charge is 0.492 e. The van der Waals surface area contributed by atoms with Crippen LogP contribution in [0.25, 0.3) is 0 Å². The van der Waals surface area contributed by atoms with E-state index in [2.05, 4.69) is 0 Å². The fraction of sp³-hybridized carbons (Fsp3) is 0.300. The Morgan fingerprint density at radius 2 is 1.87 bits per heavy atom. The van der Waals surface area contributed by atoms with Gasteiger partial charge in [0.25, 0.3) is 0 Å². The Bertz CT molecular complexity index is 404. The fourth-order valence-corrected chi connectivity index (χ4v) is 1.43. The van der Waals surface area contributed by atoms with Crippen LogP contribution in [-0.2, 0) is 0 Å². The van der Waals surface area contributed by atoms with Crippen molar-refractivity contribution in [3.05, 3.63) is 22.5 Å². The summed E-state index contributed by atoms with van der Waals surface area (Å²) in [6.07, 6.45) is 0. The number of ketones is 1. The summed E-state index contributed by atoms with van der Waals surface area (Å²) in [5, 5.41) is -0.169. The van der Waals surface area contributed by atoms with E-state index < -0.39 is 5.82 Å². The average molecular weight is 233 g/mol. The second kappa shape index (κ2) is 4.49. The van der Waals surface area contributed by atoms with Crippen molar-refractivity contribution < 1.29 is 18.7 Å². The first kappa shape index (κ1) is 11.8. The molecule has 0 N–H and O–H groups in total. The van der Waals surface area contributed by atoms with E-state index >= 15 is 0 Å². The lowest BCUT2D eigenvalue weighted by Crippen LogP contribution is -2.02. The monoisotopic (exact) mass is 232 g/mol. The summed E-state index contributed by atoms with van der Waals surface area (Å²) in [6.45, 7) is 1.34. The van der Waals surface area contributed by atoms with Crippen LogP contribution in [0.5, 0.6) is 11.5 Å². The SMILES string of the molecule is COc1c(C(C)=O)cc(Cl)c(F)c1OC. The van der Waals surface area contributed by atoms with Gasteiger partial charge < -0.3 is 9.47 Å². The predicted molar refractivity (Wildman–Crippen MR) is 54.5 cm³/mol. The van der Waals surface area contributed by atoms with Crippen molar-refractivity contribution >= 4 is 17.4 Å². The highest BCUT2D eigenvalue weighted by molar-refractivity contribution is 6.31. The van der Waals surface area contributed by atoms with Crippen molar-refractivity contribution in [3.63, 3.8) is 0 Å². The number of carbonyl (C=O) groups excluding carboxylic acids is 1. The first-order valence-corrected chi connectivity index (χ1v) is 4.51. The smallest absolute Gasteiger partial charge is 0.199 e. The van der Waals surface area contributed by atoms with Gasteiger partial charge in [0.15, 0.2) is 23.1 Å². The number of hydrogen-bond acceptors (Lipinski definition) is 3. The second-order valence-corrected chi connectivity index (χ2v) is 3.25. The average Bonchev–Trinajstić information content (AvgIpc) is 2.20. The number of rotatable bonds is 3. The van der Waals surface area contributed by atoms with Crippen LogP contribution in [0.4, 0.5) is 4.39 Å². The van der Waals surface area contributed by atoms with Gasteiger partial charge in [0.05, 0.1) is 24.8 Å². The molecule has 0 saturated carbocycles. The van der Waals surface area contributed by atoms with Crippen LogP contribution in [0.15, 0.2) is 6.07 Å². The quantitative estimate of drug-likeness (QED) is 0.752. The minimum absolute atomic E-state index is 0.0619. The molecule has 0 aliphatic heterocycles. The van der Waals surface area contributed by atoms with Crippen molar-refractivity contribution in [1.82, 2.24) is 0 Å². The first-order chi connectivity index (χ1) is 7.02. The molecule has 0 saturated heterocycles. The third kappa shape index (κ3) is 2.04. The highest BCUT2D eigenvalue weighted by Crippen LogP contribution is 2.38. The molecule has 82 valence electrons. The molecule has 1 aromatic rings. The summed E-state index contributed by atoms with van der Waals surface area (Å²) in [5.41, 5.74) is 0.195. The Labute approximate surface area is 91.7 Å². The van der Waals surface area contributed by atoms with E-state index in [1.54, 1.807) is 0 Å². The third-order valence-corrected chi connectivity index (χ3v) is 2.19. The molecule has 0 bridgehead atoms. The number of halogens is 2. The highest BCUT2D eigenvalue weighted by Gasteiger charge is 2.21. The predicted octanol–water partition coefficient (Wildman–Crippen LogP) is 2.70. The van der Waals surface area contributed by atoms with E-state index in [1.807, 2.05) is 0 Å². The molecule has 5 heteroatoms. The third-order valence-electron chi connectivity index (χ3n) is 1.92. The number of methoxy groups -OCH3 is 2. The molecule has 0 amide bonds. The molecule has 0 aliphatic carbocycles. The Kier molecular flexibility index (Phi) is 3.52. The molecule has 0 radical (unpaired) electrons. The van der Waals surface area contributed by atoms with E-state index in [0.717, 1.165) is 0 Å². The Hall–Kier alpha value is -1.29. The van der Waals surface area contributed by atoms with Crippen molar-refractivity contribution in [2.45, 2.75) is 6.92 Å². The lowest BCUT2D eigenvalue weighted by atomic mass is 10.1. The highest BCUT2D eigenvalue weighted by atomic mass is 35.5. The molecule has 0 aliphatic rings. The standard InChI is InChI=1S/C10H10ClFO3/c1-5(13)6-4-7(11)8(12)10(15-3)9(6)14-2/h4H,1-3H3. The summed E-state index contributed by atoms with van der Waals surface area (Å²) in [7, 11) is 2.61. The lowest BCUT2D eigenvalue weighted by Gasteiger charge is -2.12. The molecule has 0 atom stereocenters. The van der Waals surface area contributed by atoms with Crippen LogP contribution >= 0.6 is 11.6 Å². The summed E-state index contributed by atoms with van der Waals surface area (Å²) in [4.78, 5) is 11.2. The van der Waals surface area contributed by atoms with Crippen molar-refractivity contribution in [2.75, 3.05) is 14.2 Å². The molecule has 3 nitrogen and oxygen atoms in total. The number of carbonyl (C=O) groups is 1. The van der Waals surface area contributed by atoms with Gasteiger partial charge in [0, 0.05) is 0 Å². The maximum absolute atomic E-state index is 13.4. The molecule has 0 fully saturated rings. The van der Waals surface area contributed by atoms with Crippen LogP contribution in [0.2, 0.25) is 5.02 Å². The lowest BCUT2D eigenvalue weighted by molar-refractivity contribution is 0.101. The molecular weight excluding hydrogens is 223 g/mol. The van der Waals surface area contributed by atoms with Gasteiger partial charge in [-0.3, -0.25) is 4.79 Å². The summed E-state index contributed by atoms with van der Waals surface area (Å²) < 4.78 is 23.2. The Balaban J connectivity index is 3.54. The van der Waals surface area contributed by atoms with E-state index in [0.29, 0.717) is 0 Å². The van der Waals surface area contributed by atoms with Crippen LogP contribution in [0, 0.1) is 5.82 Å². The minimum Gasteiger partial charge on any atom is -0.492 e. The first-order valence-electron chi connectivity index (χ1n) is 4.13. The number of Topliss-reactive ketones (excluding diaryl/α,β-unsaturated/α-hetero) is 1. The molecule has 15 heavy (non-hydrogen) atoms. The molecule has 1 rings (SSSR count). The van der Waals surface area contributed by atoms with E-state index in [9.17, 15) is 9.18 Å². The molecule has 1 aromatic carbocycles. The Morgan fingerprint density at radius 1 is 1.33 bits per heavy atom. The number of ether oxygens (including phenoxy) is 2. The van der Waals surface area contributed by atoms with Crippen molar-refractivity contribution in [1.29, 1.82) is 0 Å². The summed E-state index contributed by atoms with van der Waals surface area (Å²) in [5.74, 6) is -1.10. The van der Waals surface area contributed by atoms with Gasteiger partial charge in [0.1, 0.15) is 0 Å². The van der Waals surface area contributed by atoms with Gasteiger partial charge in [0.2, 0.25) is 0 Å². The van der Waals surface area contributed by atoms with Crippen LogP contribution in [0.3, 0.4) is 0 Å². The van der Waals surface area contributed by atoms with E-state index in [4.69, 9.17) is 21.1 Å². The van der Waals surface area contributed by atoms with Crippen molar-refractivity contribution in [2.24, 2.45) is 0 Å². The van der Waals surface area contributed by atoms with Gasteiger partial charge >= 0.3 is 0 Å². The van der Waals surface area contributed by atoms with Crippen LogP contribution < -0.4 is 9.47 Å². The Morgan fingerprint density at radius 3 is 2.27 bits per heavy atom. The van der Waals surface area contributed by atoms with Crippen LogP contribution in [-0.4, -0.2) is 20.0 Å². The van der Waals surface area contributed by atoms with E-state index in [-0.39, 0.29) is 27.9 Å². The van der Waals surface area contributed by atoms with Gasteiger partial charge in [-0.1, -0.05) is 11.6 Å². The van der Waals surface area contributed by atoms with Crippen molar-refractivity contribution in [3.8, 4) is 11.5 Å². The second-order valence-electron chi connectivity index (χ2n) is 2.84. The zero-order valence-electron chi connectivity index (χ0n) is 8.56. The van der Waals surface area contributed by atoms with Gasteiger partial charge in [-0.25, -0.2) is 4.39 Å². The normalized spacial score (nSPS) is 9.93. The maximum atomic E-state index is 13.4. The summed E-state index contributed by atoms with van der Waals surface area (Å²) >= 11 is 5.61. The fourth-order valence-electron chi connectivity index (χ4n) is 1.23. The number of benzene rings is 1. The maximum Gasteiger partial charge on any atom is 0.199 e. The van der Waals surface area contributed by atoms with Crippen LogP contribution in [0.1, 0.15) is 17.3 Å². The minimum atomic E-state index is -0.735. The molecule has 0 aromatic heterocycles. The molecule has 0 unspecified atom stereocenters. The molecule has 0 heterocycles. The molecule has 0 spiro atoms. The summed E-state index contributed by atoms with van der Waals surface area (Å²) in [6, 6.07) is 1.22. The van der Waals surface area contributed by atoms with Gasteiger partial charge in [-0.15, -0.1) is 0 Å². The van der Waals surface area contributed by atoms with E-state index in [1.165, 1.54) is 27.2 Å². The topological polar surface area (TPSA) is 35.5 Å².